The molecule has 3 rings (SSSR count). The second-order valence-corrected chi connectivity index (χ2v) is 7.30. The Hall–Kier alpha value is -1.17. The molecular formula is C13H12Cl2N4S. The quantitative estimate of drug-likeness (QED) is 0.663. The molecule has 0 amide bonds. The number of hydrogen-bond donors (Lipinski definition) is 0. The van der Waals surface area contributed by atoms with E-state index in [-0.39, 0.29) is 5.41 Å². The van der Waals surface area contributed by atoms with Crippen molar-refractivity contribution in [3.8, 4) is 10.6 Å². The van der Waals surface area contributed by atoms with E-state index in [0.29, 0.717) is 10.0 Å². The molecule has 2 heterocycles. The lowest BCUT2D eigenvalue weighted by Gasteiger charge is -2.13. The molecule has 0 saturated carbocycles. The minimum absolute atomic E-state index is 0.117. The van der Waals surface area contributed by atoms with Crippen molar-refractivity contribution in [2.45, 2.75) is 26.2 Å². The molecule has 0 atom stereocenters. The summed E-state index contributed by atoms with van der Waals surface area (Å²) in [5.41, 5.74) is 0.737. The average molecular weight is 327 g/mol. The zero-order valence-electron chi connectivity index (χ0n) is 11.2. The second-order valence-electron chi connectivity index (χ2n) is 5.50. The largest absolute Gasteiger partial charge is 0.235 e. The van der Waals surface area contributed by atoms with Crippen molar-refractivity contribution < 1.29 is 0 Å². The lowest BCUT2D eigenvalue weighted by molar-refractivity contribution is 0.528. The Balaban J connectivity index is 2.16. The maximum Gasteiger partial charge on any atom is 0.235 e. The maximum atomic E-state index is 6.23. The highest BCUT2D eigenvalue weighted by Crippen LogP contribution is 2.34. The van der Waals surface area contributed by atoms with E-state index in [1.807, 2.05) is 6.07 Å². The van der Waals surface area contributed by atoms with Crippen LogP contribution in [-0.2, 0) is 5.41 Å². The molecule has 7 heteroatoms. The van der Waals surface area contributed by atoms with E-state index < -0.39 is 0 Å². The van der Waals surface area contributed by atoms with Gasteiger partial charge in [0.15, 0.2) is 5.82 Å². The van der Waals surface area contributed by atoms with Gasteiger partial charge in [0.25, 0.3) is 0 Å². The van der Waals surface area contributed by atoms with Gasteiger partial charge in [0.05, 0.1) is 5.02 Å². The molecule has 0 bridgehead atoms. The summed E-state index contributed by atoms with van der Waals surface area (Å²) in [5, 5.41) is 15.0. The maximum absolute atomic E-state index is 6.23. The molecule has 3 aromatic rings. The Labute approximate surface area is 130 Å². The summed E-state index contributed by atoms with van der Waals surface area (Å²) < 4.78 is 1.78. The molecule has 0 aliphatic carbocycles. The summed E-state index contributed by atoms with van der Waals surface area (Å²) in [6, 6.07) is 5.38. The van der Waals surface area contributed by atoms with Crippen molar-refractivity contribution in [3.63, 3.8) is 0 Å². The number of nitrogens with zero attached hydrogens (tertiary/aromatic N) is 4. The van der Waals surface area contributed by atoms with E-state index in [0.717, 1.165) is 21.4 Å². The summed E-state index contributed by atoms with van der Waals surface area (Å²) in [4.78, 5) is 0.760. The van der Waals surface area contributed by atoms with Crippen LogP contribution < -0.4 is 0 Å². The van der Waals surface area contributed by atoms with E-state index in [2.05, 4.69) is 36.1 Å². The number of aromatic nitrogens is 4. The highest BCUT2D eigenvalue weighted by atomic mass is 35.5. The van der Waals surface area contributed by atoms with Crippen molar-refractivity contribution >= 4 is 39.5 Å². The molecule has 1 aromatic carbocycles. The first-order chi connectivity index (χ1) is 9.36. The molecule has 104 valence electrons. The van der Waals surface area contributed by atoms with Crippen LogP contribution in [0.2, 0.25) is 10.0 Å². The van der Waals surface area contributed by atoms with Crippen molar-refractivity contribution in [1.29, 1.82) is 0 Å². The van der Waals surface area contributed by atoms with Gasteiger partial charge in [-0.1, -0.05) is 55.3 Å². The monoisotopic (exact) mass is 326 g/mol. The van der Waals surface area contributed by atoms with Crippen LogP contribution in [0, 0.1) is 0 Å². The fraction of sp³-hybridized carbons (Fsp3) is 0.308. The minimum atomic E-state index is -0.117. The molecule has 0 aliphatic heterocycles. The number of rotatable bonds is 1. The molecular weight excluding hydrogens is 315 g/mol. The molecule has 2 aromatic heterocycles. The Bertz CT molecular complexity index is 785. The van der Waals surface area contributed by atoms with Crippen LogP contribution in [0.4, 0.5) is 0 Å². The van der Waals surface area contributed by atoms with E-state index in [9.17, 15) is 0 Å². The third-order valence-corrected chi connectivity index (χ3v) is 4.30. The molecule has 0 aliphatic rings. The van der Waals surface area contributed by atoms with Crippen molar-refractivity contribution in [1.82, 2.24) is 19.8 Å². The van der Waals surface area contributed by atoms with E-state index in [1.165, 1.54) is 11.3 Å². The van der Waals surface area contributed by atoms with Crippen LogP contribution in [0.15, 0.2) is 18.2 Å². The summed E-state index contributed by atoms with van der Waals surface area (Å²) in [6.45, 7) is 6.24. The fourth-order valence-electron chi connectivity index (χ4n) is 1.86. The first-order valence-electron chi connectivity index (χ1n) is 6.04. The highest BCUT2D eigenvalue weighted by molar-refractivity contribution is 7.19. The standard InChI is InChI=1S/C13H12Cl2N4S/c1-13(2,3)11-16-17-12-19(11)18-10(20-12)8-5-4-7(14)6-9(8)15/h4-6H,1-3H3. The summed E-state index contributed by atoms with van der Waals surface area (Å²) in [5.74, 6) is 0.833. The van der Waals surface area contributed by atoms with Crippen molar-refractivity contribution in [2.24, 2.45) is 0 Å². The molecule has 0 radical (unpaired) electrons. The van der Waals surface area contributed by atoms with Gasteiger partial charge in [-0.25, -0.2) is 0 Å². The zero-order valence-corrected chi connectivity index (χ0v) is 13.5. The number of benzene rings is 1. The molecule has 20 heavy (non-hydrogen) atoms. The Kier molecular flexibility index (Phi) is 3.23. The van der Waals surface area contributed by atoms with Gasteiger partial charge in [0.2, 0.25) is 4.96 Å². The SMILES string of the molecule is CC(C)(C)c1nnc2sc(-c3ccc(Cl)cc3Cl)nn12. The summed E-state index contributed by atoms with van der Waals surface area (Å²) in [7, 11) is 0. The molecule has 4 nitrogen and oxygen atoms in total. The lowest BCUT2D eigenvalue weighted by atomic mass is 9.96. The topological polar surface area (TPSA) is 43.1 Å². The normalized spacial score (nSPS) is 12.2. The summed E-state index contributed by atoms with van der Waals surface area (Å²) in [6.07, 6.45) is 0. The van der Waals surface area contributed by atoms with Gasteiger partial charge in [-0.05, 0) is 18.2 Å². The van der Waals surface area contributed by atoms with Crippen molar-refractivity contribution in [3.05, 3.63) is 34.1 Å². The average Bonchev–Trinajstić information content (AvgIpc) is 2.86. The van der Waals surface area contributed by atoms with Gasteiger partial charge in [-0.15, -0.1) is 10.2 Å². The molecule has 0 N–H and O–H groups in total. The Morgan fingerprint density at radius 2 is 1.90 bits per heavy atom. The fourth-order valence-corrected chi connectivity index (χ4v) is 3.29. The van der Waals surface area contributed by atoms with Gasteiger partial charge in [-0.3, -0.25) is 0 Å². The highest BCUT2D eigenvalue weighted by Gasteiger charge is 2.23. The first-order valence-corrected chi connectivity index (χ1v) is 7.61. The second kappa shape index (κ2) is 4.69. The number of fused-ring (bicyclic) bond motifs is 1. The molecule has 0 unspecified atom stereocenters. The van der Waals surface area contributed by atoms with E-state index in [1.54, 1.807) is 16.6 Å². The van der Waals surface area contributed by atoms with Crippen LogP contribution in [-0.4, -0.2) is 19.8 Å². The van der Waals surface area contributed by atoms with Gasteiger partial charge < -0.3 is 0 Å². The van der Waals surface area contributed by atoms with Crippen LogP contribution in [0.3, 0.4) is 0 Å². The third-order valence-electron chi connectivity index (χ3n) is 2.82. The van der Waals surface area contributed by atoms with Gasteiger partial charge in [0.1, 0.15) is 5.01 Å². The van der Waals surface area contributed by atoms with Gasteiger partial charge >= 0.3 is 0 Å². The van der Waals surface area contributed by atoms with Gasteiger partial charge in [0, 0.05) is 16.0 Å². The summed E-state index contributed by atoms with van der Waals surface area (Å²) >= 11 is 13.6. The first kappa shape index (κ1) is 13.8. The molecule has 0 fully saturated rings. The van der Waals surface area contributed by atoms with E-state index in [4.69, 9.17) is 23.2 Å². The van der Waals surface area contributed by atoms with Gasteiger partial charge in [-0.2, -0.15) is 9.61 Å². The van der Waals surface area contributed by atoms with Crippen molar-refractivity contribution in [2.75, 3.05) is 0 Å². The minimum Gasteiger partial charge on any atom is -0.186 e. The zero-order chi connectivity index (χ0) is 14.5. The predicted octanol–water partition coefficient (Wildman–Crippen LogP) is 4.46. The smallest absolute Gasteiger partial charge is 0.186 e. The van der Waals surface area contributed by atoms with Crippen LogP contribution >= 0.6 is 34.5 Å². The van der Waals surface area contributed by atoms with E-state index >= 15 is 0 Å². The number of hydrogen-bond acceptors (Lipinski definition) is 4. The third kappa shape index (κ3) is 2.30. The Morgan fingerprint density at radius 3 is 2.55 bits per heavy atom. The predicted molar refractivity (Wildman–Crippen MR) is 82.8 cm³/mol. The van der Waals surface area contributed by atoms with Crippen LogP contribution in [0.1, 0.15) is 26.6 Å². The van der Waals surface area contributed by atoms with Crippen LogP contribution in [0.5, 0.6) is 0 Å². The Morgan fingerprint density at radius 1 is 1.15 bits per heavy atom. The number of halogens is 2. The lowest BCUT2D eigenvalue weighted by Crippen LogP contribution is -2.16. The molecule has 0 spiro atoms. The molecule has 0 saturated heterocycles. The van der Waals surface area contributed by atoms with Crippen LogP contribution in [0.25, 0.3) is 15.5 Å².